The Hall–Kier alpha value is -2.27. The van der Waals surface area contributed by atoms with Gasteiger partial charge in [0.25, 0.3) is 10.1 Å². The van der Waals surface area contributed by atoms with Crippen LogP contribution in [0, 0.1) is 0 Å². The number of ketones is 1. The van der Waals surface area contributed by atoms with Gasteiger partial charge in [0.15, 0.2) is 5.78 Å². The molecule has 0 aliphatic carbocycles. The zero-order valence-corrected chi connectivity index (χ0v) is 18.0. The van der Waals surface area contributed by atoms with Crippen LogP contribution >= 0.6 is 0 Å². The summed E-state index contributed by atoms with van der Waals surface area (Å²) in [6.45, 7) is 2.51. The van der Waals surface area contributed by atoms with Crippen LogP contribution in [0.25, 0.3) is 0 Å². The Balaban J connectivity index is 0.000000749. The van der Waals surface area contributed by atoms with Crippen molar-refractivity contribution in [3.05, 3.63) is 65.7 Å². The molecule has 0 aromatic heterocycles. The first kappa shape index (κ1) is 24.8. The summed E-state index contributed by atoms with van der Waals surface area (Å²) in [7, 11) is -7.23. The normalized spacial score (nSPS) is 12.4. The van der Waals surface area contributed by atoms with Crippen LogP contribution < -0.4 is 9.50 Å². The minimum atomic E-state index is -3.67. The molecule has 2 aromatic rings. The van der Waals surface area contributed by atoms with E-state index in [-0.39, 0.29) is 17.6 Å². The van der Waals surface area contributed by atoms with Gasteiger partial charge in [-0.15, -0.1) is 0 Å². The van der Waals surface area contributed by atoms with Crippen LogP contribution in [0.3, 0.4) is 0 Å². The first-order chi connectivity index (χ1) is 13.3. The van der Waals surface area contributed by atoms with Gasteiger partial charge in [-0.25, -0.2) is 0 Å². The van der Waals surface area contributed by atoms with Crippen LogP contribution in [0.2, 0.25) is 0 Å². The van der Waals surface area contributed by atoms with Crippen molar-refractivity contribution in [2.24, 2.45) is 0 Å². The zero-order chi connectivity index (χ0) is 22.1. The molecule has 10 heteroatoms. The maximum Gasteiger partial charge on any atom is 0.306 e. The lowest BCUT2D eigenvalue weighted by Gasteiger charge is -2.13. The van der Waals surface area contributed by atoms with Crippen molar-refractivity contribution < 1.29 is 30.4 Å². The van der Waals surface area contributed by atoms with Gasteiger partial charge < -0.3 is 9.50 Å². The quantitative estimate of drug-likeness (QED) is 0.360. The van der Waals surface area contributed by atoms with E-state index in [0.717, 1.165) is 12.7 Å². The lowest BCUT2D eigenvalue weighted by molar-refractivity contribution is 0.0951. The molecule has 0 aliphatic heterocycles. The van der Waals surface area contributed by atoms with Crippen molar-refractivity contribution >= 4 is 26.0 Å². The summed E-state index contributed by atoms with van der Waals surface area (Å²) in [4.78, 5) is 12.4. The Labute approximate surface area is 171 Å². The maximum absolute atomic E-state index is 12.4. The van der Waals surface area contributed by atoms with Gasteiger partial charge in [0, 0.05) is 5.56 Å². The molecule has 160 valence electrons. The summed E-state index contributed by atoms with van der Waals surface area (Å²) in [5.41, 5.74) is 1.72. The second-order valence-electron chi connectivity index (χ2n) is 6.32. The van der Waals surface area contributed by atoms with Gasteiger partial charge in [-0.1, -0.05) is 30.3 Å². The third kappa shape index (κ3) is 12.0. The fourth-order valence-corrected chi connectivity index (χ4v) is 2.73. The van der Waals surface area contributed by atoms with Crippen LogP contribution in [0.5, 0.6) is 5.75 Å². The van der Waals surface area contributed by atoms with Crippen molar-refractivity contribution in [3.8, 4) is 5.75 Å². The first-order valence-electron chi connectivity index (χ1n) is 8.58. The van der Waals surface area contributed by atoms with E-state index in [0.29, 0.717) is 18.4 Å². The standard InChI is InChI=1S/C18H21NO4S.CH4O3S/c1-14(19-13-12-15-6-4-3-5-7-15)18(20)16-8-10-17(11-9-16)23-24(2,21)22;1-5(2,3)4/h3-11,14,19H,12-13H2,1-2H3;1H3,(H,2,3,4)/t14-;/m0./s1. The Kier molecular flexibility index (Phi) is 9.44. The average molecular weight is 444 g/mol. The molecular formula is C19H25NO7S2. The van der Waals surface area contributed by atoms with E-state index in [2.05, 4.69) is 17.4 Å². The minimum absolute atomic E-state index is 0.0473. The number of rotatable bonds is 8. The molecule has 0 amide bonds. The predicted molar refractivity (Wildman–Crippen MR) is 111 cm³/mol. The third-order valence-electron chi connectivity index (χ3n) is 3.49. The van der Waals surface area contributed by atoms with E-state index in [1.165, 1.54) is 17.7 Å². The van der Waals surface area contributed by atoms with Crippen LogP contribution in [-0.4, -0.2) is 52.3 Å². The number of carbonyl (C=O) groups is 1. The lowest BCUT2D eigenvalue weighted by Crippen LogP contribution is -2.35. The van der Waals surface area contributed by atoms with E-state index in [1.54, 1.807) is 12.1 Å². The molecule has 0 aliphatic rings. The van der Waals surface area contributed by atoms with Gasteiger partial charge in [-0.3, -0.25) is 9.35 Å². The van der Waals surface area contributed by atoms with Crippen molar-refractivity contribution in [1.29, 1.82) is 0 Å². The number of nitrogens with one attached hydrogen (secondary N) is 1. The van der Waals surface area contributed by atoms with Gasteiger partial charge in [-0.05, 0) is 49.7 Å². The molecule has 0 radical (unpaired) electrons. The molecule has 0 saturated carbocycles. The highest BCUT2D eigenvalue weighted by molar-refractivity contribution is 7.86. The molecule has 29 heavy (non-hydrogen) atoms. The summed E-state index contributed by atoms with van der Waals surface area (Å²) in [5, 5.41) is 3.21. The highest BCUT2D eigenvalue weighted by Crippen LogP contribution is 2.15. The molecule has 2 N–H and O–H groups in total. The monoisotopic (exact) mass is 443 g/mol. The fourth-order valence-electron chi connectivity index (χ4n) is 2.27. The fraction of sp³-hybridized carbons (Fsp3) is 0.316. The lowest BCUT2D eigenvalue weighted by atomic mass is 10.0. The summed E-state index contributed by atoms with van der Waals surface area (Å²) in [6, 6.07) is 15.8. The third-order valence-corrected chi connectivity index (χ3v) is 3.98. The van der Waals surface area contributed by atoms with E-state index >= 15 is 0 Å². The van der Waals surface area contributed by atoms with Crippen LogP contribution in [0.1, 0.15) is 22.8 Å². The summed E-state index contributed by atoms with van der Waals surface area (Å²) >= 11 is 0. The predicted octanol–water partition coefficient (Wildman–Crippen LogP) is 1.93. The molecule has 0 saturated heterocycles. The largest absolute Gasteiger partial charge is 0.383 e. The highest BCUT2D eigenvalue weighted by atomic mass is 32.2. The van der Waals surface area contributed by atoms with E-state index < -0.39 is 20.2 Å². The van der Waals surface area contributed by atoms with Gasteiger partial charge in [-0.2, -0.15) is 16.8 Å². The molecule has 0 bridgehead atoms. The van der Waals surface area contributed by atoms with E-state index in [1.807, 2.05) is 25.1 Å². The molecule has 0 heterocycles. The summed E-state index contributed by atoms with van der Waals surface area (Å²) < 4.78 is 52.8. The first-order valence-corrected chi connectivity index (χ1v) is 12.2. The van der Waals surface area contributed by atoms with Crippen LogP contribution in [-0.2, 0) is 26.7 Å². The number of hydrogen-bond donors (Lipinski definition) is 2. The maximum atomic E-state index is 12.4. The number of benzene rings is 2. The van der Waals surface area contributed by atoms with E-state index in [9.17, 15) is 21.6 Å². The number of Topliss-reactive ketones (excluding diaryl/α,β-unsaturated/α-hetero) is 1. The van der Waals surface area contributed by atoms with Gasteiger partial charge >= 0.3 is 10.1 Å². The molecule has 2 rings (SSSR count). The minimum Gasteiger partial charge on any atom is -0.383 e. The second-order valence-corrected chi connectivity index (χ2v) is 9.36. The van der Waals surface area contributed by atoms with Gasteiger partial charge in [0.05, 0.1) is 18.6 Å². The number of carbonyl (C=O) groups excluding carboxylic acids is 1. The molecule has 0 spiro atoms. The van der Waals surface area contributed by atoms with Gasteiger partial charge in [0.2, 0.25) is 0 Å². The SMILES string of the molecule is CS(=O)(=O)O.C[C@H](NCCc1ccccc1)C(=O)c1ccc(OS(C)(=O)=O)cc1. The molecule has 2 aromatic carbocycles. The van der Waals surface area contributed by atoms with E-state index in [4.69, 9.17) is 8.74 Å². The molecule has 8 nitrogen and oxygen atoms in total. The molecule has 0 fully saturated rings. The average Bonchev–Trinajstić information content (AvgIpc) is 2.60. The Morgan fingerprint density at radius 2 is 1.52 bits per heavy atom. The molecular weight excluding hydrogens is 418 g/mol. The summed E-state index contributed by atoms with van der Waals surface area (Å²) in [6.07, 6.45) is 2.54. The van der Waals surface area contributed by atoms with Crippen LogP contribution in [0.15, 0.2) is 54.6 Å². The zero-order valence-electron chi connectivity index (χ0n) is 16.4. The van der Waals surface area contributed by atoms with Crippen molar-refractivity contribution in [3.63, 3.8) is 0 Å². The van der Waals surface area contributed by atoms with Crippen molar-refractivity contribution in [2.45, 2.75) is 19.4 Å². The Morgan fingerprint density at radius 3 is 2.00 bits per heavy atom. The smallest absolute Gasteiger partial charge is 0.306 e. The highest BCUT2D eigenvalue weighted by Gasteiger charge is 2.15. The van der Waals surface area contributed by atoms with Crippen molar-refractivity contribution in [1.82, 2.24) is 5.32 Å². The Morgan fingerprint density at radius 1 is 1.00 bits per heavy atom. The summed E-state index contributed by atoms with van der Waals surface area (Å²) in [5.74, 6) is 0.146. The topological polar surface area (TPSA) is 127 Å². The van der Waals surface area contributed by atoms with Crippen molar-refractivity contribution in [2.75, 3.05) is 19.1 Å². The molecule has 1 atom stereocenters. The second kappa shape index (κ2) is 11.1. The van der Waals surface area contributed by atoms with Gasteiger partial charge in [0.1, 0.15) is 5.75 Å². The number of hydrogen-bond acceptors (Lipinski definition) is 7. The van der Waals surface area contributed by atoms with Crippen LogP contribution in [0.4, 0.5) is 0 Å². The molecule has 0 unspecified atom stereocenters. The Bertz CT molecular complexity index is 979.